The van der Waals surface area contributed by atoms with Gasteiger partial charge in [-0.2, -0.15) is 0 Å². The summed E-state index contributed by atoms with van der Waals surface area (Å²) < 4.78 is 1.39. The molecule has 1 aromatic heterocycles. The van der Waals surface area contributed by atoms with E-state index in [1.807, 2.05) is 0 Å². The second-order valence-electron chi connectivity index (χ2n) is 3.84. The number of aromatic nitrogens is 1. The minimum atomic E-state index is -0.315. The minimum absolute atomic E-state index is 0.186. The molecule has 1 heterocycles. The topological polar surface area (TPSA) is 63.1 Å². The Labute approximate surface area is 101 Å². The van der Waals surface area contributed by atoms with E-state index in [4.69, 9.17) is 0 Å². The van der Waals surface area contributed by atoms with E-state index in [0.717, 1.165) is 13.0 Å². The van der Waals surface area contributed by atoms with Crippen molar-refractivity contribution in [2.45, 2.75) is 13.3 Å². The van der Waals surface area contributed by atoms with Gasteiger partial charge in [0.05, 0.1) is 0 Å². The van der Waals surface area contributed by atoms with Crippen molar-refractivity contribution >= 4 is 5.91 Å². The van der Waals surface area contributed by atoms with Crippen molar-refractivity contribution < 1.29 is 4.79 Å². The maximum Gasteiger partial charge on any atom is 0.263 e. The summed E-state index contributed by atoms with van der Waals surface area (Å²) in [5.41, 5.74) is -0.0861. The van der Waals surface area contributed by atoms with Crippen molar-refractivity contribution in [2.75, 3.05) is 19.6 Å². The van der Waals surface area contributed by atoms with Gasteiger partial charge in [-0.3, -0.25) is 9.59 Å². The van der Waals surface area contributed by atoms with Crippen molar-refractivity contribution in [1.82, 2.24) is 15.2 Å². The van der Waals surface area contributed by atoms with Crippen LogP contribution >= 0.6 is 0 Å². The third kappa shape index (κ3) is 4.03. The van der Waals surface area contributed by atoms with Gasteiger partial charge in [-0.15, -0.1) is 0 Å². The summed E-state index contributed by atoms with van der Waals surface area (Å²) in [4.78, 5) is 23.3. The molecule has 1 aromatic rings. The summed E-state index contributed by atoms with van der Waals surface area (Å²) >= 11 is 0. The van der Waals surface area contributed by atoms with E-state index in [1.54, 1.807) is 19.3 Å². The number of nitrogens with one attached hydrogen (secondary N) is 2. The van der Waals surface area contributed by atoms with Crippen LogP contribution in [0.3, 0.4) is 0 Å². The monoisotopic (exact) mass is 237 g/mol. The van der Waals surface area contributed by atoms with Crippen LogP contribution in [0.25, 0.3) is 0 Å². The molecule has 17 heavy (non-hydrogen) atoms. The zero-order valence-electron chi connectivity index (χ0n) is 10.3. The maximum atomic E-state index is 11.7. The van der Waals surface area contributed by atoms with Gasteiger partial charge in [0.1, 0.15) is 5.56 Å². The van der Waals surface area contributed by atoms with E-state index in [9.17, 15) is 9.59 Å². The molecule has 0 unspecified atom stereocenters. The highest BCUT2D eigenvalue weighted by Crippen LogP contribution is 1.90. The molecular formula is C12H19N3O2. The zero-order chi connectivity index (χ0) is 12.7. The molecule has 94 valence electrons. The summed E-state index contributed by atoms with van der Waals surface area (Å²) in [6, 6.07) is 3.22. The van der Waals surface area contributed by atoms with Gasteiger partial charge in [-0.05, 0) is 25.1 Å². The summed E-state index contributed by atoms with van der Waals surface area (Å²) in [5.74, 6) is -0.315. The Morgan fingerprint density at radius 3 is 2.82 bits per heavy atom. The summed E-state index contributed by atoms with van der Waals surface area (Å²) in [7, 11) is 1.63. The molecule has 0 aliphatic heterocycles. The molecule has 0 radical (unpaired) electrons. The number of aryl methyl sites for hydroxylation is 1. The fraction of sp³-hybridized carbons (Fsp3) is 0.500. The standard InChI is InChI=1S/C12H19N3O2/c1-3-6-13-7-8-14-11(16)10-5-4-9-15(2)12(10)17/h4-5,9,13H,3,6-8H2,1-2H3,(H,14,16). The largest absolute Gasteiger partial charge is 0.351 e. The molecule has 0 aromatic carbocycles. The molecule has 0 fully saturated rings. The SMILES string of the molecule is CCCNCCNC(=O)c1cccn(C)c1=O. The minimum Gasteiger partial charge on any atom is -0.351 e. The molecule has 0 aliphatic rings. The Morgan fingerprint density at radius 2 is 2.12 bits per heavy atom. The normalized spacial score (nSPS) is 10.2. The van der Waals surface area contributed by atoms with Gasteiger partial charge in [0.25, 0.3) is 11.5 Å². The molecule has 0 atom stereocenters. The lowest BCUT2D eigenvalue weighted by atomic mass is 10.2. The summed E-state index contributed by atoms with van der Waals surface area (Å²) in [6.07, 6.45) is 2.69. The first-order chi connectivity index (χ1) is 8.16. The Bertz CT molecular complexity index is 426. The van der Waals surface area contributed by atoms with Crippen molar-refractivity contribution in [3.8, 4) is 0 Å². The second kappa shape index (κ2) is 6.85. The van der Waals surface area contributed by atoms with Crippen molar-refractivity contribution in [2.24, 2.45) is 7.05 Å². The number of hydrogen-bond acceptors (Lipinski definition) is 3. The van der Waals surface area contributed by atoms with E-state index in [1.165, 1.54) is 10.6 Å². The first kappa shape index (κ1) is 13.4. The number of pyridine rings is 1. The molecule has 0 saturated carbocycles. The molecule has 0 aliphatic carbocycles. The predicted octanol–water partition coefficient (Wildman–Crippen LogP) is 0.115. The maximum absolute atomic E-state index is 11.7. The zero-order valence-corrected chi connectivity index (χ0v) is 10.3. The predicted molar refractivity (Wildman–Crippen MR) is 67.2 cm³/mol. The van der Waals surface area contributed by atoms with Crippen LogP contribution in [0, 0.1) is 0 Å². The lowest BCUT2D eigenvalue weighted by Crippen LogP contribution is -2.36. The molecular weight excluding hydrogens is 218 g/mol. The second-order valence-corrected chi connectivity index (χ2v) is 3.84. The average Bonchev–Trinajstić information content (AvgIpc) is 2.32. The van der Waals surface area contributed by atoms with Crippen LogP contribution in [0.1, 0.15) is 23.7 Å². The van der Waals surface area contributed by atoms with Crippen molar-refractivity contribution in [3.05, 3.63) is 34.2 Å². The van der Waals surface area contributed by atoms with Gasteiger partial charge in [-0.1, -0.05) is 6.92 Å². The molecule has 5 nitrogen and oxygen atoms in total. The Kier molecular flexibility index (Phi) is 5.42. The Balaban J connectivity index is 2.48. The summed E-state index contributed by atoms with van der Waals surface area (Å²) in [6.45, 7) is 4.26. The number of hydrogen-bond donors (Lipinski definition) is 2. The lowest BCUT2D eigenvalue weighted by Gasteiger charge is -2.06. The quantitative estimate of drug-likeness (QED) is 0.691. The van der Waals surface area contributed by atoms with Gasteiger partial charge in [0.2, 0.25) is 0 Å². The lowest BCUT2D eigenvalue weighted by molar-refractivity contribution is 0.0952. The fourth-order valence-electron chi connectivity index (χ4n) is 1.43. The van der Waals surface area contributed by atoms with Gasteiger partial charge in [0, 0.05) is 26.3 Å². The highest BCUT2D eigenvalue weighted by atomic mass is 16.2. The van der Waals surface area contributed by atoms with Crippen LogP contribution in [0.15, 0.2) is 23.1 Å². The van der Waals surface area contributed by atoms with E-state index >= 15 is 0 Å². The van der Waals surface area contributed by atoms with Gasteiger partial charge in [-0.25, -0.2) is 0 Å². The molecule has 0 saturated heterocycles. The van der Waals surface area contributed by atoms with E-state index in [2.05, 4.69) is 17.6 Å². The van der Waals surface area contributed by atoms with Crippen LogP contribution in [-0.4, -0.2) is 30.1 Å². The van der Waals surface area contributed by atoms with E-state index < -0.39 is 0 Å². The van der Waals surface area contributed by atoms with Crippen LogP contribution in [0.5, 0.6) is 0 Å². The van der Waals surface area contributed by atoms with E-state index in [0.29, 0.717) is 13.1 Å². The van der Waals surface area contributed by atoms with Gasteiger partial charge < -0.3 is 15.2 Å². The first-order valence-corrected chi connectivity index (χ1v) is 5.81. The first-order valence-electron chi connectivity index (χ1n) is 5.81. The highest BCUT2D eigenvalue weighted by Gasteiger charge is 2.09. The number of nitrogens with zero attached hydrogens (tertiary/aromatic N) is 1. The molecule has 0 spiro atoms. The van der Waals surface area contributed by atoms with Crippen LogP contribution in [-0.2, 0) is 7.05 Å². The van der Waals surface area contributed by atoms with Crippen LogP contribution < -0.4 is 16.2 Å². The van der Waals surface area contributed by atoms with Gasteiger partial charge >= 0.3 is 0 Å². The smallest absolute Gasteiger partial charge is 0.263 e. The number of carbonyl (C=O) groups is 1. The van der Waals surface area contributed by atoms with Crippen molar-refractivity contribution in [3.63, 3.8) is 0 Å². The molecule has 2 N–H and O–H groups in total. The highest BCUT2D eigenvalue weighted by molar-refractivity contribution is 5.93. The average molecular weight is 237 g/mol. The third-order valence-electron chi connectivity index (χ3n) is 2.38. The number of carbonyl (C=O) groups excluding carboxylic acids is 1. The van der Waals surface area contributed by atoms with Crippen molar-refractivity contribution in [1.29, 1.82) is 0 Å². The fourth-order valence-corrected chi connectivity index (χ4v) is 1.43. The molecule has 1 amide bonds. The van der Waals surface area contributed by atoms with E-state index in [-0.39, 0.29) is 17.0 Å². The number of amides is 1. The number of rotatable bonds is 6. The third-order valence-corrected chi connectivity index (χ3v) is 2.38. The molecule has 0 bridgehead atoms. The molecule has 1 rings (SSSR count). The summed E-state index contributed by atoms with van der Waals surface area (Å²) in [5, 5.41) is 5.88. The molecule has 5 heteroatoms. The van der Waals surface area contributed by atoms with Crippen LogP contribution in [0.4, 0.5) is 0 Å². The Morgan fingerprint density at radius 1 is 1.35 bits per heavy atom. The van der Waals surface area contributed by atoms with Crippen LogP contribution in [0.2, 0.25) is 0 Å². The Hall–Kier alpha value is -1.62. The van der Waals surface area contributed by atoms with Gasteiger partial charge in [0.15, 0.2) is 0 Å².